The van der Waals surface area contributed by atoms with E-state index in [9.17, 15) is 9.90 Å². The van der Waals surface area contributed by atoms with Crippen LogP contribution in [0.2, 0.25) is 0 Å². The van der Waals surface area contributed by atoms with Crippen molar-refractivity contribution in [2.24, 2.45) is 0 Å². The lowest BCUT2D eigenvalue weighted by Gasteiger charge is -2.07. The van der Waals surface area contributed by atoms with Gasteiger partial charge in [-0.3, -0.25) is 0 Å². The van der Waals surface area contributed by atoms with Crippen LogP contribution in [0, 0.1) is 0 Å². The van der Waals surface area contributed by atoms with Gasteiger partial charge in [0.1, 0.15) is 6.10 Å². The van der Waals surface area contributed by atoms with E-state index in [1.165, 1.54) is 0 Å². The summed E-state index contributed by atoms with van der Waals surface area (Å²) >= 11 is 0. The molecule has 1 heterocycles. The smallest absolute Gasteiger partial charge is 0.335 e. The fourth-order valence-corrected chi connectivity index (χ4v) is 2.48. The van der Waals surface area contributed by atoms with Crippen LogP contribution < -0.4 is 0 Å². The molecule has 2 atom stereocenters. The number of benzene rings is 2. The molecule has 0 aliphatic carbocycles. The first kappa shape index (κ1) is 12.9. The lowest BCUT2D eigenvalue weighted by atomic mass is 9.97. The Kier molecular flexibility index (Phi) is 3.28. The maximum absolute atomic E-state index is 11.3. The Hall–Kier alpha value is -2.13. The summed E-state index contributed by atoms with van der Waals surface area (Å²) in [6.07, 6.45) is 1.22. The van der Waals surface area contributed by atoms with Crippen LogP contribution in [0.1, 0.15) is 35.4 Å². The molecule has 0 bridgehead atoms. The lowest BCUT2D eigenvalue weighted by molar-refractivity contribution is 0.0697. The summed E-state index contributed by atoms with van der Waals surface area (Å²) in [6.45, 7) is 2.07. The van der Waals surface area contributed by atoms with E-state index < -0.39 is 5.97 Å². The fraction of sp³-hybridized carbons (Fsp3) is 0.235. The molecule has 102 valence electrons. The molecule has 1 aliphatic rings. The molecule has 2 aromatic carbocycles. The molecule has 3 rings (SSSR count). The predicted octanol–water partition coefficient (Wildman–Crippen LogP) is 3.90. The van der Waals surface area contributed by atoms with Gasteiger partial charge in [-0.15, -0.1) is 0 Å². The molecule has 0 aromatic heterocycles. The van der Waals surface area contributed by atoms with Crippen molar-refractivity contribution in [2.45, 2.75) is 25.6 Å². The largest absolute Gasteiger partial charge is 0.478 e. The summed E-state index contributed by atoms with van der Waals surface area (Å²) in [6, 6.07) is 15.3. The van der Waals surface area contributed by atoms with E-state index in [0.29, 0.717) is 5.56 Å². The molecule has 3 nitrogen and oxygen atoms in total. The number of rotatable bonds is 4. The summed E-state index contributed by atoms with van der Waals surface area (Å²) in [5, 5.41) is 9.27. The highest BCUT2D eigenvalue weighted by molar-refractivity contribution is 5.90. The van der Waals surface area contributed by atoms with Gasteiger partial charge in [0.05, 0.1) is 11.7 Å². The third kappa shape index (κ3) is 2.45. The second kappa shape index (κ2) is 5.10. The molecular weight excluding hydrogens is 252 g/mol. The zero-order valence-corrected chi connectivity index (χ0v) is 11.2. The van der Waals surface area contributed by atoms with E-state index in [1.54, 1.807) is 12.1 Å². The number of carboxylic acids is 1. The van der Waals surface area contributed by atoms with Crippen LogP contribution in [0.3, 0.4) is 0 Å². The van der Waals surface area contributed by atoms with Crippen LogP contribution >= 0.6 is 0 Å². The number of hydrogen-bond acceptors (Lipinski definition) is 2. The Morgan fingerprint density at radius 3 is 2.50 bits per heavy atom. The number of carbonyl (C=O) groups is 1. The summed E-state index contributed by atoms with van der Waals surface area (Å²) in [4.78, 5) is 11.3. The van der Waals surface area contributed by atoms with Gasteiger partial charge in [-0.2, -0.15) is 0 Å². The van der Waals surface area contributed by atoms with E-state index in [2.05, 4.69) is 6.92 Å². The SMILES string of the molecule is CCC1OC1c1cc(C(=O)O)cc(-c2ccccc2)c1. The molecule has 0 radical (unpaired) electrons. The quantitative estimate of drug-likeness (QED) is 0.855. The van der Waals surface area contributed by atoms with E-state index in [0.717, 1.165) is 23.1 Å². The molecule has 1 fully saturated rings. The van der Waals surface area contributed by atoms with Crippen molar-refractivity contribution in [1.29, 1.82) is 0 Å². The molecule has 1 saturated heterocycles. The van der Waals surface area contributed by atoms with Gasteiger partial charge in [0.25, 0.3) is 0 Å². The van der Waals surface area contributed by atoms with Crippen LogP contribution in [0.4, 0.5) is 0 Å². The minimum absolute atomic E-state index is 0.0433. The van der Waals surface area contributed by atoms with Gasteiger partial charge in [-0.05, 0) is 41.3 Å². The van der Waals surface area contributed by atoms with Crippen LogP contribution in [-0.2, 0) is 4.74 Å². The van der Waals surface area contributed by atoms with Gasteiger partial charge in [0.2, 0.25) is 0 Å². The van der Waals surface area contributed by atoms with E-state index in [4.69, 9.17) is 4.74 Å². The van der Waals surface area contributed by atoms with E-state index in [1.807, 2.05) is 36.4 Å². The van der Waals surface area contributed by atoms with Crippen molar-refractivity contribution in [3.05, 3.63) is 59.7 Å². The van der Waals surface area contributed by atoms with Crippen LogP contribution in [0.15, 0.2) is 48.5 Å². The Morgan fingerprint density at radius 2 is 1.90 bits per heavy atom. The van der Waals surface area contributed by atoms with Gasteiger partial charge < -0.3 is 9.84 Å². The minimum Gasteiger partial charge on any atom is -0.478 e. The standard InChI is InChI=1S/C17H16O3/c1-2-15-16(20-15)13-8-12(9-14(10-13)17(18)19)11-6-4-3-5-7-11/h3-10,15-16H,2H2,1H3,(H,18,19). The van der Waals surface area contributed by atoms with Gasteiger partial charge in [0.15, 0.2) is 0 Å². The molecule has 0 saturated carbocycles. The van der Waals surface area contributed by atoms with Gasteiger partial charge in [-0.1, -0.05) is 37.3 Å². The maximum atomic E-state index is 11.3. The topological polar surface area (TPSA) is 49.8 Å². The number of ether oxygens (including phenoxy) is 1. The first-order valence-electron chi connectivity index (χ1n) is 6.78. The maximum Gasteiger partial charge on any atom is 0.335 e. The van der Waals surface area contributed by atoms with Crippen molar-refractivity contribution in [2.75, 3.05) is 0 Å². The monoisotopic (exact) mass is 268 g/mol. The summed E-state index contributed by atoms with van der Waals surface area (Å²) in [7, 11) is 0. The van der Waals surface area contributed by atoms with Crippen molar-refractivity contribution >= 4 is 5.97 Å². The number of epoxide rings is 1. The van der Waals surface area contributed by atoms with E-state index >= 15 is 0 Å². The molecule has 3 heteroatoms. The Balaban J connectivity index is 2.04. The number of aromatic carboxylic acids is 1. The Labute approximate surface area is 117 Å². The fourth-order valence-electron chi connectivity index (χ4n) is 2.48. The number of hydrogen-bond donors (Lipinski definition) is 1. The summed E-state index contributed by atoms with van der Waals surface area (Å²) in [5.74, 6) is -0.905. The van der Waals surface area contributed by atoms with Gasteiger partial charge >= 0.3 is 5.97 Å². The number of carboxylic acid groups (broad SMARTS) is 1. The highest BCUT2D eigenvalue weighted by Gasteiger charge is 2.38. The molecule has 1 N–H and O–H groups in total. The van der Waals surface area contributed by atoms with E-state index in [-0.39, 0.29) is 12.2 Å². The van der Waals surface area contributed by atoms with Crippen LogP contribution in [0.25, 0.3) is 11.1 Å². The average Bonchev–Trinajstić information content (AvgIpc) is 3.27. The normalized spacial score (nSPS) is 20.6. The van der Waals surface area contributed by atoms with Crippen molar-refractivity contribution < 1.29 is 14.6 Å². The third-order valence-corrected chi connectivity index (χ3v) is 3.62. The first-order valence-corrected chi connectivity index (χ1v) is 6.78. The minimum atomic E-state index is -0.905. The predicted molar refractivity (Wildman–Crippen MR) is 76.7 cm³/mol. The molecule has 20 heavy (non-hydrogen) atoms. The average molecular weight is 268 g/mol. The second-order valence-electron chi connectivity index (χ2n) is 5.02. The first-order chi connectivity index (χ1) is 9.69. The van der Waals surface area contributed by atoms with Gasteiger partial charge in [0, 0.05) is 0 Å². The summed E-state index contributed by atoms with van der Waals surface area (Å²) < 4.78 is 5.58. The highest BCUT2D eigenvalue weighted by Crippen LogP contribution is 2.42. The van der Waals surface area contributed by atoms with Crippen molar-refractivity contribution in [1.82, 2.24) is 0 Å². The van der Waals surface area contributed by atoms with Crippen LogP contribution in [-0.4, -0.2) is 17.2 Å². The molecule has 1 aliphatic heterocycles. The Morgan fingerprint density at radius 1 is 1.15 bits per heavy atom. The molecule has 2 aromatic rings. The van der Waals surface area contributed by atoms with Crippen molar-refractivity contribution in [3.63, 3.8) is 0 Å². The Bertz CT molecular complexity index is 634. The van der Waals surface area contributed by atoms with Crippen LogP contribution in [0.5, 0.6) is 0 Å². The highest BCUT2D eigenvalue weighted by atomic mass is 16.6. The second-order valence-corrected chi connectivity index (χ2v) is 5.02. The zero-order valence-electron chi connectivity index (χ0n) is 11.2. The lowest BCUT2D eigenvalue weighted by Crippen LogP contribution is -1.99. The van der Waals surface area contributed by atoms with Gasteiger partial charge in [-0.25, -0.2) is 4.79 Å². The zero-order chi connectivity index (χ0) is 14.1. The molecule has 2 unspecified atom stereocenters. The summed E-state index contributed by atoms with van der Waals surface area (Å²) in [5.41, 5.74) is 3.21. The molecule has 0 amide bonds. The van der Waals surface area contributed by atoms with Crippen molar-refractivity contribution in [3.8, 4) is 11.1 Å². The third-order valence-electron chi connectivity index (χ3n) is 3.62. The molecular formula is C17H16O3. The molecule has 0 spiro atoms.